The molecule has 0 unspecified atom stereocenters. The zero-order valence-corrected chi connectivity index (χ0v) is 29.6. The van der Waals surface area contributed by atoms with Crippen LogP contribution in [0.1, 0.15) is 104 Å². The zero-order valence-electron chi connectivity index (χ0n) is 29.6. The monoisotopic (exact) mass is 694 g/mol. The number of hydrogen-bond acceptors (Lipinski definition) is 9. The lowest BCUT2D eigenvalue weighted by atomic mass is 9.84. The van der Waals surface area contributed by atoms with E-state index in [0.29, 0.717) is 62.8 Å². The fourth-order valence-corrected chi connectivity index (χ4v) is 8.30. The van der Waals surface area contributed by atoms with Crippen molar-refractivity contribution in [1.82, 2.24) is 10.6 Å². The maximum atomic E-state index is 12.6. The van der Waals surface area contributed by atoms with E-state index in [2.05, 4.69) is 49.8 Å². The summed E-state index contributed by atoms with van der Waals surface area (Å²) in [4.78, 5) is 49.7. The van der Waals surface area contributed by atoms with Crippen molar-refractivity contribution in [3.05, 3.63) is 47.6 Å². The topological polar surface area (TPSA) is 156 Å². The van der Waals surface area contributed by atoms with Crippen LogP contribution in [0.5, 0.6) is 0 Å². The summed E-state index contributed by atoms with van der Waals surface area (Å²) in [5.41, 5.74) is 2.69. The Kier molecular flexibility index (Phi) is 11.1. The predicted molar refractivity (Wildman–Crippen MR) is 184 cm³/mol. The number of aliphatic hydroxyl groups is 1. The van der Waals surface area contributed by atoms with E-state index < -0.39 is 6.10 Å². The molecule has 4 aliphatic heterocycles. The van der Waals surface area contributed by atoms with Gasteiger partial charge in [0.05, 0.1) is 17.3 Å². The number of carbonyl (C=O) groups is 4. The summed E-state index contributed by atoms with van der Waals surface area (Å²) in [7, 11) is 0. The van der Waals surface area contributed by atoms with E-state index in [1.165, 1.54) is 0 Å². The first kappa shape index (κ1) is 36.5. The van der Waals surface area contributed by atoms with Gasteiger partial charge in [-0.3, -0.25) is 9.59 Å². The van der Waals surface area contributed by atoms with Crippen LogP contribution in [-0.2, 0) is 38.1 Å². The van der Waals surface area contributed by atoms with Gasteiger partial charge in [-0.05, 0) is 90.9 Å². The van der Waals surface area contributed by atoms with Crippen molar-refractivity contribution in [1.29, 1.82) is 0 Å². The normalized spacial score (nSPS) is 37.6. The van der Waals surface area contributed by atoms with Crippen LogP contribution in [0.3, 0.4) is 0 Å². The number of hydrogen-bond donors (Lipinski definition) is 3. The summed E-state index contributed by atoms with van der Waals surface area (Å²) in [5.74, 6) is -0.943. The van der Waals surface area contributed by atoms with Gasteiger partial charge in [-0.25, -0.2) is 9.59 Å². The molecule has 0 aromatic carbocycles. The summed E-state index contributed by atoms with van der Waals surface area (Å²) in [5, 5.41) is 16.5. The number of esters is 2. The molecule has 11 nitrogen and oxygen atoms in total. The Morgan fingerprint density at radius 1 is 0.800 bits per heavy atom. The van der Waals surface area contributed by atoms with E-state index in [-0.39, 0.29) is 71.2 Å². The van der Waals surface area contributed by atoms with Crippen LogP contribution in [0, 0.1) is 11.8 Å². The number of carbonyl (C=O) groups excluding carboxylic acids is 4. The molecule has 11 heteroatoms. The second-order valence-corrected chi connectivity index (χ2v) is 15.6. The summed E-state index contributed by atoms with van der Waals surface area (Å²) in [6.07, 6.45) is 12.1. The van der Waals surface area contributed by atoms with Gasteiger partial charge < -0.3 is 34.7 Å². The van der Waals surface area contributed by atoms with Gasteiger partial charge in [-0.2, -0.15) is 0 Å². The summed E-state index contributed by atoms with van der Waals surface area (Å²) >= 11 is 0. The van der Waals surface area contributed by atoms with Crippen molar-refractivity contribution in [2.24, 2.45) is 11.8 Å². The zero-order chi connectivity index (χ0) is 35.6. The number of ether oxygens (including phenoxy) is 4. The van der Waals surface area contributed by atoms with Crippen LogP contribution in [0.25, 0.3) is 0 Å². The second-order valence-electron chi connectivity index (χ2n) is 15.6. The van der Waals surface area contributed by atoms with E-state index in [0.717, 1.165) is 62.5 Å². The van der Waals surface area contributed by atoms with Crippen molar-refractivity contribution >= 4 is 23.8 Å². The van der Waals surface area contributed by atoms with Crippen molar-refractivity contribution < 1.29 is 43.2 Å². The second kappa shape index (κ2) is 15.1. The van der Waals surface area contributed by atoms with Gasteiger partial charge in [-0.15, -0.1) is 0 Å². The highest BCUT2D eigenvalue weighted by atomic mass is 16.7. The van der Waals surface area contributed by atoms with Gasteiger partial charge in [0.25, 0.3) is 0 Å². The number of rotatable bonds is 12. The molecule has 0 spiro atoms. The van der Waals surface area contributed by atoms with E-state index in [1.807, 2.05) is 0 Å². The molecule has 0 radical (unpaired) electrons. The van der Waals surface area contributed by atoms with E-state index in [1.54, 1.807) is 0 Å². The Morgan fingerprint density at radius 2 is 1.22 bits per heavy atom. The first-order valence-electron chi connectivity index (χ1n) is 18.6. The SMILES string of the molecule is C=C1C(=O)O[C@H]2[C@H]1CC/C(CNC(=O)CCCC(O)CCCC(=O)NC/C1=C/CC[C@@]3(C)O[C@H]3[C@H]3OC(=O)C(=C)[C@@H]3CC1)=C\CC[C@@]1(C)O[C@@H]21. The minimum absolute atomic E-state index is 0.0610. The smallest absolute Gasteiger partial charge is 0.334 e. The Balaban J connectivity index is 0.849. The number of fused-ring (bicyclic) bond motifs is 6. The average molecular weight is 695 g/mol. The summed E-state index contributed by atoms with van der Waals surface area (Å²) in [6, 6.07) is 0. The van der Waals surface area contributed by atoms with Crippen molar-refractivity contribution in [2.45, 2.75) is 145 Å². The van der Waals surface area contributed by atoms with Crippen LogP contribution in [0.2, 0.25) is 0 Å². The van der Waals surface area contributed by atoms with Gasteiger partial charge in [0.2, 0.25) is 11.8 Å². The molecule has 4 heterocycles. The number of nitrogens with one attached hydrogen (secondary N) is 2. The Morgan fingerprint density at radius 3 is 1.64 bits per heavy atom. The third-order valence-electron chi connectivity index (χ3n) is 11.8. The maximum absolute atomic E-state index is 12.6. The molecule has 0 aromatic heterocycles. The van der Waals surface area contributed by atoms with Gasteiger partial charge >= 0.3 is 11.9 Å². The highest BCUT2D eigenvalue weighted by Crippen LogP contribution is 2.51. The number of aliphatic hydroxyl groups excluding tert-OH is 1. The van der Waals surface area contributed by atoms with Crippen molar-refractivity contribution in [2.75, 3.05) is 13.1 Å². The average Bonchev–Trinajstić information content (AvgIpc) is 3.89. The molecular weight excluding hydrogens is 640 g/mol. The van der Waals surface area contributed by atoms with Crippen LogP contribution < -0.4 is 10.6 Å². The molecule has 3 N–H and O–H groups in total. The lowest BCUT2D eigenvalue weighted by Gasteiger charge is -2.20. The third-order valence-corrected chi connectivity index (χ3v) is 11.8. The highest BCUT2D eigenvalue weighted by molar-refractivity contribution is 5.91. The Bertz CT molecular complexity index is 1350. The quantitative estimate of drug-likeness (QED) is 0.116. The molecule has 2 amide bonds. The molecule has 4 fully saturated rings. The number of allylic oxidation sites excluding steroid dienone is 2. The Hall–Kier alpha value is -3.28. The number of amides is 2. The minimum atomic E-state index is -0.572. The van der Waals surface area contributed by atoms with Gasteiger partial charge in [-0.1, -0.05) is 36.5 Å². The third kappa shape index (κ3) is 8.43. The molecule has 0 aromatic rings. The lowest BCUT2D eigenvalue weighted by molar-refractivity contribution is -0.140. The van der Waals surface area contributed by atoms with E-state index in [4.69, 9.17) is 18.9 Å². The summed E-state index contributed by atoms with van der Waals surface area (Å²) < 4.78 is 23.2. The molecule has 4 saturated heterocycles. The largest absolute Gasteiger partial charge is 0.455 e. The van der Waals surface area contributed by atoms with Crippen LogP contribution in [0.4, 0.5) is 0 Å². The molecule has 50 heavy (non-hydrogen) atoms. The molecule has 8 atom stereocenters. The molecule has 0 bridgehead atoms. The molecule has 6 rings (SSSR count). The van der Waals surface area contributed by atoms with E-state index in [9.17, 15) is 24.3 Å². The minimum Gasteiger partial charge on any atom is -0.455 e. The molecule has 0 saturated carbocycles. The van der Waals surface area contributed by atoms with Crippen LogP contribution >= 0.6 is 0 Å². The molecule has 2 aliphatic carbocycles. The van der Waals surface area contributed by atoms with Gasteiger partial charge in [0.15, 0.2) is 0 Å². The van der Waals surface area contributed by atoms with Crippen LogP contribution in [0.15, 0.2) is 47.6 Å². The van der Waals surface area contributed by atoms with Gasteiger partial charge in [0, 0.05) is 48.9 Å². The Labute approximate surface area is 295 Å². The highest BCUT2D eigenvalue weighted by Gasteiger charge is 2.62. The lowest BCUT2D eigenvalue weighted by Crippen LogP contribution is -2.30. The number of epoxide rings is 2. The molecular formula is C39H54N2O9. The molecule has 6 aliphatic rings. The van der Waals surface area contributed by atoms with E-state index >= 15 is 0 Å². The van der Waals surface area contributed by atoms with Crippen molar-refractivity contribution in [3.63, 3.8) is 0 Å². The predicted octanol–water partition coefficient (Wildman–Crippen LogP) is 4.43. The standard InChI is InChI=1S/C39H54N2O9/c1-23-28-17-15-25(9-7-19-38(3)34(49-38)32(28)47-36(23)45)21-40-30(43)13-5-11-27(42)12-6-14-31(44)41-22-26-10-8-20-39(4)35(50-39)33-29(18-16-26)24(2)37(46)48-33/h9-10,27-29,32-35,42H,1-2,5-8,11-22H2,3-4H3,(H,40,43)(H,41,44)/b25-9+,26-10+/t28-,29-,32-,33-,34-,35-,38+,39+/m0/s1. The summed E-state index contributed by atoms with van der Waals surface area (Å²) in [6.45, 7) is 13.0. The fourth-order valence-electron chi connectivity index (χ4n) is 8.30. The first-order chi connectivity index (χ1) is 23.9. The van der Waals surface area contributed by atoms with Crippen molar-refractivity contribution in [3.8, 4) is 0 Å². The van der Waals surface area contributed by atoms with Crippen LogP contribution in [-0.4, -0.2) is 83.7 Å². The first-order valence-corrected chi connectivity index (χ1v) is 18.6. The molecule has 274 valence electrons. The maximum Gasteiger partial charge on any atom is 0.334 e. The van der Waals surface area contributed by atoms with Gasteiger partial charge in [0.1, 0.15) is 24.4 Å². The fraction of sp³-hybridized carbons (Fsp3) is 0.692.